The molecule has 25 heavy (non-hydrogen) atoms. The van der Waals surface area contributed by atoms with Crippen LogP contribution in [0, 0.1) is 17.2 Å². The van der Waals surface area contributed by atoms with E-state index in [0.29, 0.717) is 16.8 Å². The molecule has 0 bridgehead atoms. The van der Waals surface area contributed by atoms with Crippen molar-refractivity contribution in [3.05, 3.63) is 70.5 Å². The van der Waals surface area contributed by atoms with E-state index in [-0.39, 0.29) is 11.8 Å². The average molecular weight is 329 g/mol. The highest BCUT2D eigenvalue weighted by Gasteiger charge is 2.34. The summed E-state index contributed by atoms with van der Waals surface area (Å²) in [6.45, 7) is 0. The average Bonchev–Trinajstić information content (AvgIpc) is 3.12. The van der Waals surface area contributed by atoms with Crippen LogP contribution in [0.5, 0.6) is 0 Å². The predicted molar refractivity (Wildman–Crippen MR) is 92.7 cm³/mol. The molecule has 1 aliphatic heterocycles. The molecule has 0 saturated heterocycles. The number of nitrogens with one attached hydrogen (secondary N) is 1. The lowest BCUT2D eigenvalue weighted by Crippen LogP contribution is -2.35. The molecule has 0 radical (unpaired) electrons. The monoisotopic (exact) mass is 329 g/mol. The first-order chi connectivity index (χ1) is 12.2. The summed E-state index contributed by atoms with van der Waals surface area (Å²) in [5.74, 6) is -0.348. The van der Waals surface area contributed by atoms with Crippen molar-refractivity contribution in [1.82, 2.24) is 5.32 Å². The number of fused-ring (bicyclic) bond motifs is 2. The van der Waals surface area contributed by atoms with Gasteiger partial charge in [-0.25, -0.2) is 4.99 Å². The van der Waals surface area contributed by atoms with Gasteiger partial charge < -0.3 is 5.32 Å². The Labute approximate surface area is 145 Å². The van der Waals surface area contributed by atoms with Gasteiger partial charge in [-0.15, -0.1) is 0 Å². The van der Waals surface area contributed by atoms with Gasteiger partial charge in [-0.2, -0.15) is 5.26 Å². The van der Waals surface area contributed by atoms with Gasteiger partial charge in [-0.05, 0) is 55.2 Å². The topological polar surface area (TPSA) is 82.3 Å². The van der Waals surface area contributed by atoms with E-state index in [0.717, 1.165) is 30.5 Å². The van der Waals surface area contributed by atoms with Gasteiger partial charge in [0.1, 0.15) is 0 Å². The van der Waals surface area contributed by atoms with Gasteiger partial charge in [0.05, 0.1) is 17.3 Å². The zero-order chi connectivity index (χ0) is 17.4. The van der Waals surface area contributed by atoms with Crippen LogP contribution in [0.4, 0.5) is 0 Å². The molecule has 1 aromatic carbocycles. The summed E-state index contributed by atoms with van der Waals surface area (Å²) >= 11 is 0. The standard InChI is InChI=1S/C20H15N3O2/c21-11-12-3-1-4-13(9-12)19(24)22-14-7-8-16-15-5-2-6-17(15)20(25)23-18(16)10-14/h1,3-4,7-10,16H,2,5-6H2,(H,23,25). The Morgan fingerprint density at radius 1 is 1.32 bits per heavy atom. The zero-order valence-corrected chi connectivity index (χ0v) is 13.5. The predicted octanol–water partition coefficient (Wildman–Crippen LogP) is 2.82. The van der Waals surface area contributed by atoms with Crippen LogP contribution < -0.4 is 5.32 Å². The van der Waals surface area contributed by atoms with Crippen LogP contribution in [-0.2, 0) is 4.79 Å². The molecule has 2 amide bonds. The molecule has 5 nitrogen and oxygen atoms in total. The minimum absolute atomic E-state index is 0.0299. The van der Waals surface area contributed by atoms with Crippen molar-refractivity contribution in [3.63, 3.8) is 0 Å². The van der Waals surface area contributed by atoms with Crippen molar-refractivity contribution in [2.75, 3.05) is 0 Å². The number of rotatable bonds is 1. The largest absolute Gasteiger partial charge is 0.325 e. The third-order valence-corrected chi connectivity index (χ3v) is 4.74. The van der Waals surface area contributed by atoms with E-state index in [1.807, 2.05) is 18.2 Å². The van der Waals surface area contributed by atoms with Gasteiger partial charge in [-0.3, -0.25) is 9.59 Å². The fraction of sp³-hybridized carbons (Fsp3) is 0.200. The first-order valence-electron chi connectivity index (χ1n) is 8.22. The Morgan fingerprint density at radius 3 is 3.04 bits per heavy atom. The van der Waals surface area contributed by atoms with Crippen LogP contribution in [-0.4, -0.2) is 17.5 Å². The smallest absolute Gasteiger partial charge is 0.277 e. The van der Waals surface area contributed by atoms with E-state index >= 15 is 0 Å². The maximum atomic E-state index is 12.3. The number of amides is 2. The van der Waals surface area contributed by atoms with E-state index in [4.69, 9.17) is 5.26 Å². The highest BCUT2D eigenvalue weighted by Crippen LogP contribution is 2.39. The lowest BCUT2D eigenvalue weighted by atomic mass is 9.85. The summed E-state index contributed by atoms with van der Waals surface area (Å²) < 4.78 is 0. The molecule has 0 aromatic heterocycles. The van der Waals surface area contributed by atoms with Gasteiger partial charge in [0.15, 0.2) is 0 Å². The maximum Gasteiger partial charge on any atom is 0.277 e. The van der Waals surface area contributed by atoms with E-state index in [1.54, 1.807) is 24.3 Å². The molecule has 4 rings (SSSR count). The van der Waals surface area contributed by atoms with Crippen LogP contribution in [0.2, 0.25) is 0 Å². The van der Waals surface area contributed by atoms with Gasteiger partial charge >= 0.3 is 0 Å². The number of nitriles is 1. The number of hydrogen-bond acceptors (Lipinski definition) is 3. The van der Waals surface area contributed by atoms with Crippen molar-refractivity contribution in [1.29, 1.82) is 5.26 Å². The van der Waals surface area contributed by atoms with E-state index in [1.165, 1.54) is 11.6 Å². The van der Waals surface area contributed by atoms with Crippen LogP contribution in [0.3, 0.4) is 0 Å². The molecular weight excluding hydrogens is 314 g/mol. The Hall–Kier alpha value is -3.26. The molecule has 122 valence electrons. The van der Waals surface area contributed by atoms with E-state index in [9.17, 15) is 9.59 Å². The molecular formula is C20H15N3O2. The molecule has 0 spiro atoms. The first-order valence-corrected chi connectivity index (χ1v) is 8.22. The molecule has 2 aliphatic carbocycles. The molecule has 1 aromatic rings. The molecule has 1 atom stereocenters. The zero-order valence-electron chi connectivity index (χ0n) is 13.5. The number of carbonyl (C=O) groups excluding carboxylic acids is 2. The summed E-state index contributed by atoms with van der Waals surface area (Å²) in [6, 6.07) is 8.46. The SMILES string of the molecule is N#Cc1cccc(C(=O)N=C2C=CC3C(=C2)NC(=O)C2=C3CCC2)c1. The van der Waals surface area contributed by atoms with Gasteiger partial charge in [-0.1, -0.05) is 12.1 Å². The minimum atomic E-state index is -0.407. The van der Waals surface area contributed by atoms with Crippen molar-refractivity contribution >= 4 is 17.5 Å². The molecule has 1 heterocycles. The third kappa shape index (κ3) is 2.72. The normalized spacial score (nSPS) is 22.8. The number of allylic oxidation sites excluding steroid dienone is 3. The molecule has 0 fully saturated rings. The fourth-order valence-electron chi connectivity index (χ4n) is 3.56. The van der Waals surface area contributed by atoms with Crippen molar-refractivity contribution in [3.8, 4) is 6.07 Å². The van der Waals surface area contributed by atoms with Gasteiger partial charge in [0.25, 0.3) is 11.8 Å². The Morgan fingerprint density at radius 2 is 2.20 bits per heavy atom. The first kappa shape index (κ1) is 15.3. The lowest BCUT2D eigenvalue weighted by molar-refractivity contribution is -0.117. The van der Waals surface area contributed by atoms with E-state index in [2.05, 4.69) is 10.3 Å². The van der Waals surface area contributed by atoms with Crippen molar-refractivity contribution in [2.45, 2.75) is 19.3 Å². The molecule has 0 saturated carbocycles. The Kier molecular flexibility index (Phi) is 3.66. The van der Waals surface area contributed by atoms with Crippen molar-refractivity contribution in [2.24, 2.45) is 10.9 Å². The van der Waals surface area contributed by atoms with E-state index < -0.39 is 5.91 Å². The Bertz CT molecular complexity index is 957. The van der Waals surface area contributed by atoms with Gasteiger partial charge in [0.2, 0.25) is 0 Å². The maximum absolute atomic E-state index is 12.3. The van der Waals surface area contributed by atoms with Crippen LogP contribution in [0.25, 0.3) is 0 Å². The van der Waals surface area contributed by atoms with Crippen LogP contribution in [0.15, 0.2) is 64.3 Å². The van der Waals surface area contributed by atoms with Crippen LogP contribution >= 0.6 is 0 Å². The highest BCUT2D eigenvalue weighted by molar-refractivity contribution is 6.14. The summed E-state index contributed by atoms with van der Waals surface area (Å²) in [5.41, 5.74) is 4.18. The van der Waals surface area contributed by atoms with Crippen LogP contribution in [0.1, 0.15) is 35.2 Å². The summed E-state index contributed by atoms with van der Waals surface area (Å²) in [6.07, 6.45) is 8.38. The molecule has 5 heteroatoms. The lowest BCUT2D eigenvalue weighted by Gasteiger charge is -2.28. The summed E-state index contributed by atoms with van der Waals surface area (Å²) in [7, 11) is 0. The highest BCUT2D eigenvalue weighted by atomic mass is 16.2. The number of carbonyl (C=O) groups is 2. The summed E-state index contributed by atoms with van der Waals surface area (Å²) in [5, 5.41) is 11.9. The van der Waals surface area contributed by atoms with Gasteiger partial charge in [0, 0.05) is 22.8 Å². The number of benzene rings is 1. The fourth-order valence-corrected chi connectivity index (χ4v) is 3.56. The third-order valence-electron chi connectivity index (χ3n) is 4.74. The minimum Gasteiger partial charge on any atom is -0.325 e. The number of aliphatic imine (C=N–C) groups is 1. The van der Waals surface area contributed by atoms with Crippen molar-refractivity contribution < 1.29 is 9.59 Å². The second-order valence-electron chi connectivity index (χ2n) is 6.28. The second-order valence-corrected chi connectivity index (χ2v) is 6.28. The molecule has 1 N–H and O–H groups in total. The number of nitrogens with zero attached hydrogens (tertiary/aromatic N) is 2. The molecule has 3 aliphatic rings. The quantitative estimate of drug-likeness (QED) is 0.860. The molecule has 1 unspecified atom stereocenters. The second kappa shape index (κ2) is 5.99. The Balaban J connectivity index is 1.62. The summed E-state index contributed by atoms with van der Waals surface area (Å²) in [4.78, 5) is 28.6. The number of hydrogen-bond donors (Lipinski definition) is 1.